The minimum absolute atomic E-state index is 0.394. The topological polar surface area (TPSA) is 24.9 Å². The molecule has 2 atom stereocenters. The maximum atomic E-state index is 4.64. The molecule has 0 aliphatic heterocycles. The first-order chi connectivity index (χ1) is 8.90. The van der Waals surface area contributed by atoms with Crippen LogP contribution in [0.1, 0.15) is 41.6 Å². The molecule has 2 aromatic heterocycles. The van der Waals surface area contributed by atoms with Gasteiger partial charge in [-0.1, -0.05) is 6.07 Å². The van der Waals surface area contributed by atoms with Crippen LogP contribution < -0.4 is 5.32 Å². The van der Waals surface area contributed by atoms with Crippen molar-refractivity contribution < 1.29 is 0 Å². The van der Waals surface area contributed by atoms with Crippen molar-refractivity contribution in [2.24, 2.45) is 0 Å². The van der Waals surface area contributed by atoms with Gasteiger partial charge in [0.2, 0.25) is 0 Å². The Morgan fingerprint density at radius 2 is 2.39 bits per heavy atom. The molecule has 18 heavy (non-hydrogen) atoms. The quantitative estimate of drug-likeness (QED) is 0.911. The molecule has 2 unspecified atom stereocenters. The molecule has 1 aliphatic rings. The molecule has 2 heterocycles. The van der Waals surface area contributed by atoms with Crippen LogP contribution in [-0.2, 0) is 6.42 Å². The lowest BCUT2D eigenvalue weighted by Gasteiger charge is -2.31. The highest BCUT2D eigenvalue weighted by Gasteiger charge is 2.29. The fourth-order valence-corrected chi connectivity index (χ4v) is 3.72. The molecule has 0 saturated heterocycles. The Hall–Kier alpha value is -1.19. The van der Waals surface area contributed by atoms with Crippen molar-refractivity contribution in [1.82, 2.24) is 10.3 Å². The van der Waals surface area contributed by atoms with Gasteiger partial charge in [0, 0.05) is 23.9 Å². The second kappa shape index (κ2) is 5.21. The molecule has 0 amide bonds. The monoisotopic (exact) mass is 258 g/mol. The van der Waals surface area contributed by atoms with Crippen molar-refractivity contribution in [2.45, 2.75) is 31.2 Å². The van der Waals surface area contributed by atoms with Crippen LogP contribution in [0.25, 0.3) is 0 Å². The lowest BCUT2D eigenvalue weighted by Crippen LogP contribution is -2.27. The number of rotatable bonds is 3. The van der Waals surface area contributed by atoms with Crippen LogP contribution in [0.5, 0.6) is 0 Å². The number of nitrogens with zero attached hydrogens (tertiary/aromatic N) is 1. The molecule has 2 aromatic rings. The second-order valence-electron chi connectivity index (χ2n) is 4.87. The van der Waals surface area contributed by atoms with E-state index >= 15 is 0 Å². The molecule has 3 heteroatoms. The van der Waals surface area contributed by atoms with Crippen LogP contribution in [0.2, 0.25) is 0 Å². The van der Waals surface area contributed by atoms with E-state index in [2.05, 4.69) is 46.3 Å². The van der Waals surface area contributed by atoms with Gasteiger partial charge >= 0.3 is 0 Å². The summed E-state index contributed by atoms with van der Waals surface area (Å²) in [6.07, 6.45) is 5.61. The van der Waals surface area contributed by atoms with Crippen LogP contribution >= 0.6 is 11.3 Å². The predicted octanol–water partition coefficient (Wildman–Crippen LogP) is 3.52. The summed E-state index contributed by atoms with van der Waals surface area (Å²) in [5.41, 5.74) is 4.13. The van der Waals surface area contributed by atoms with Crippen LogP contribution in [-0.4, -0.2) is 12.0 Å². The molecular weight excluding hydrogens is 240 g/mol. The van der Waals surface area contributed by atoms with Gasteiger partial charge in [0.05, 0.1) is 0 Å². The highest BCUT2D eigenvalue weighted by molar-refractivity contribution is 7.07. The molecule has 0 fully saturated rings. The van der Waals surface area contributed by atoms with Gasteiger partial charge in [-0.3, -0.25) is 4.98 Å². The third-order valence-corrected chi connectivity index (χ3v) is 4.56. The number of aromatic nitrogens is 1. The molecule has 1 N–H and O–H groups in total. The molecular formula is C15H18N2S. The highest BCUT2D eigenvalue weighted by Crippen LogP contribution is 2.39. The van der Waals surface area contributed by atoms with Crippen molar-refractivity contribution in [2.75, 3.05) is 7.05 Å². The number of aryl methyl sites for hydroxylation is 1. The van der Waals surface area contributed by atoms with E-state index in [-0.39, 0.29) is 0 Å². The Bertz CT molecular complexity index is 507. The van der Waals surface area contributed by atoms with Gasteiger partial charge in [-0.2, -0.15) is 11.3 Å². The van der Waals surface area contributed by atoms with Gasteiger partial charge in [0.15, 0.2) is 0 Å². The molecule has 0 radical (unpaired) electrons. The molecule has 0 saturated carbocycles. The number of nitrogens with one attached hydrogen (secondary N) is 1. The minimum atomic E-state index is 0.394. The lowest BCUT2D eigenvalue weighted by atomic mass is 9.80. The Kier molecular flexibility index (Phi) is 3.43. The van der Waals surface area contributed by atoms with Crippen LogP contribution in [0.15, 0.2) is 35.2 Å². The summed E-state index contributed by atoms with van der Waals surface area (Å²) in [6.45, 7) is 0. The normalized spacial score (nSPS) is 20.4. The molecule has 0 bridgehead atoms. The first-order valence-electron chi connectivity index (χ1n) is 6.53. The van der Waals surface area contributed by atoms with Crippen LogP contribution in [0.3, 0.4) is 0 Å². The smallest absolute Gasteiger partial charge is 0.0485 e. The third kappa shape index (κ3) is 2.08. The molecule has 0 spiro atoms. The standard InChI is InChI=1S/C15H18N2S/c1-16-14(12-7-9-18-10-12)13-6-2-4-11-5-3-8-17-15(11)13/h3,5,7-10,13-14,16H,2,4,6H2,1H3. The zero-order valence-electron chi connectivity index (χ0n) is 10.6. The van der Waals surface area contributed by atoms with Gasteiger partial charge in [-0.25, -0.2) is 0 Å². The highest BCUT2D eigenvalue weighted by atomic mass is 32.1. The van der Waals surface area contributed by atoms with Crippen LogP contribution in [0.4, 0.5) is 0 Å². The van der Waals surface area contributed by atoms with Gasteiger partial charge in [0.25, 0.3) is 0 Å². The first kappa shape index (κ1) is 11.9. The summed E-state index contributed by atoms with van der Waals surface area (Å²) >= 11 is 1.77. The summed E-state index contributed by atoms with van der Waals surface area (Å²) in [6, 6.07) is 6.91. The van der Waals surface area contributed by atoms with Gasteiger partial charge in [-0.05, 0) is 60.3 Å². The molecule has 1 aliphatic carbocycles. The van der Waals surface area contributed by atoms with E-state index in [0.29, 0.717) is 12.0 Å². The van der Waals surface area contributed by atoms with Gasteiger partial charge in [0.1, 0.15) is 0 Å². The first-order valence-corrected chi connectivity index (χ1v) is 7.47. The number of thiophene rings is 1. The zero-order chi connectivity index (χ0) is 12.4. The number of hydrogen-bond acceptors (Lipinski definition) is 3. The Morgan fingerprint density at radius 1 is 1.44 bits per heavy atom. The number of likely N-dealkylation sites (N-methyl/N-ethyl adjacent to an activating group) is 1. The SMILES string of the molecule is CNC(c1ccsc1)C1CCCc2cccnc21. The molecule has 2 nitrogen and oxygen atoms in total. The van der Waals surface area contributed by atoms with E-state index in [1.54, 1.807) is 11.3 Å². The van der Waals surface area contributed by atoms with E-state index in [4.69, 9.17) is 0 Å². The largest absolute Gasteiger partial charge is 0.312 e. The van der Waals surface area contributed by atoms with E-state index < -0.39 is 0 Å². The predicted molar refractivity (Wildman–Crippen MR) is 76.0 cm³/mol. The van der Waals surface area contributed by atoms with Crippen LogP contribution in [0, 0.1) is 0 Å². The van der Waals surface area contributed by atoms with E-state index in [0.717, 1.165) is 0 Å². The van der Waals surface area contributed by atoms with Crippen molar-refractivity contribution in [3.63, 3.8) is 0 Å². The summed E-state index contributed by atoms with van der Waals surface area (Å²) in [5, 5.41) is 7.88. The maximum Gasteiger partial charge on any atom is 0.0485 e. The fraction of sp³-hybridized carbons (Fsp3) is 0.400. The van der Waals surface area contributed by atoms with Crippen molar-refractivity contribution in [3.8, 4) is 0 Å². The van der Waals surface area contributed by atoms with Crippen molar-refractivity contribution in [3.05, 3.63) is 52.0 Å². The Labute approximate surface area is 112 Å². The van der Waals surface area contributed by atoms with Gasteiger partial charge < -0.3 is 5.32 Å². The van der Waals surface area contributed by atoms with E-state index in [1.807, 2.05) is 6.20 Å². The fourth-order valence-electron chi connectivity index (χ4n) is 3.02. The third-order valence-electron chi connectivity index (χ3n) is 3.85. The van der Waals surface area contributed by atoms with E-state index in [1.165, 1.54) is 36.1 Å². The molecule has 94 valence electrons. The minimum Gasteiger partial charge on any atom is -0.312 e. The Morgan fingerprint density at radius 3 is 3.17 bits per heavy atom. The zero-order valence-corrected chi connectivity index (χ0v) is 11.4. The number of hydrogen-bond donors (Lipinski definition) is 1. The summed E-state index contributed by atoms with van der Waals surface area (Å²) < 4.78 is 0. The average molecular weight is 258 g/mol. The summed E-state index contributed by atoms with van der Waals surface area (Å²) in [5.74, 6) is 0.509. The average Bonchev–Trinajstić information content (AvgIpc) is 2.94. The Balaban J connectivity index is 1.97. The molecule has 3 rings (SSSR count). The summed E-state index contributed by atoms with van der Waals surface area (Å²) in [7, 11) is 2.06. The maximum absolute atomic E-state index is 4.64. The van der Waals surface area contributed by atoms with Gasteiger partial charge in [-0.15, -0.1) is 0 Å². The second-order valence-corrected chi connectivity index (χ2v) is 5.65. The number of fused-ring (bicyclic) bond motifs is 1. The van der Waals surface area contributed by atoms with Crippen molar-refractivity contribution in [1.29, 1.82) is 0 Å². The number of pyridine rings is 1. The summed E-state index contributed by atoms with van der Waals surface area (Å²) in [4.78, 5) is 4.64. The van der Waals surface area contributed by atoms with E-state index in [9.17, 15) is 0 Å². The lowest BCUT2D eigenvalue weighted by molar-refractivity contribution is 0.416. The molecule has 0 aromatic carbocycles. The van der Waals surface area contributed by atoms with Crippen molar-refractivity contribution >= 4 is 11.3 Å².